The van der Waals surface area contributed by atoms with Crippen molar-refractivity contribution in [1.29, 1.82) is 0 Å². The van der Waals surface area contributed by atoms with Crippen molar-refractivity contribution in [3.05, 3.63) is 22.7 Å². The topological polar surface area (TPSA) is 51.8 Å². The lowest BCUT2D eigenvalue weighted by molar-refractivity contribution is 0.505. The first kappa shape index (κ1) is 9.09. The van der Waals surface area contributed by atoms with Crippen LogP contribution in [0.25, 0.3) is 0 Å². The highest BCUT2D eigenvalue weighted by Crippen LogP contribution is 2.46. The predicted octanol–water partition coefficient (Wildman–Crippen LogP) is 1.52. The van der Waals surface area contributed by atoms with Gasteiger partial charge in [-0.1, -0.05) is 0 Å². The van der Waals surface area contributed by atoms with E-state index in [1.54, 1.807) is 12.4 Å². The van der Waals surface area contributed by atoms with Crippen LogP contribution >= 0.6 is 15.9 Å². The monoisotopic (exact) mass is 241 g/mol. The minimum atomic E-state index is 0.327. The Bertz CT molecular complexity index is 292. The van der Waals surface area contributed by atoms with Crippen LogP contribution in [-0.2, 0) is 6.42 Å². The maximum atomic E-state index is 5.68. The van der Waals surface area contributed by atoms with Crippen molar-refractivity contribution in [2.45, 2.75) is 19.3 Å². The molecule has 0 amide bonds. The van der Waals surface area contributed by atoms with Crippen LogP contribution in [0.1, 0.15) is 18.7 Å². The Balaban J connectivity index is 2.06. The molecule has 0 spiro atoms. The minimum absolute atomic E-state index is 0.327. The van der Waals surface area contributed by atoms with E-state index in [0.29, 0.717) is 5.41 Å². The number of aromatic nitrogens is 2. The van der Waals surface area contributed by atoms with Gasteiger partial charge >= 0.3 is 0 Å². The van der Waals surface area contributed by atoms with E-state index >= 15 is 0 Å². The molecule has 1 aliphatic rings. The zero-order chi connectivity index (χ0) is 9.31. The van der Waals surface area contributed by atoms with Gasteiger partial charge in [-0.15, -0.1) is 0 Å². The van der Waals surface area contributed by atoms with Crippen LogP contribution in [0.2, 0.25) is 0 Å². The third-order valence-corrected chi connectivity index (χ3v) is 3.01. The van der Waals surface area contributed by atoms with Gasteiger partial charge in [0.1, 0.15) is 5.82 Å². The van der Waals surface area contributed by atoms with E-state index in [-0.39, 0.29) is 0 Å². The highest BCUT2D eigenvalue weighted by molar-refractivity contribution is 9.10. The number of hydrogen-bond acceptors (Lipinski definition) is 3. The van der Waals surface area contributed by atoms with Crippen molar-refractivity contribution in [2.24, 2.45) is 11.1 Å². The molecule has 2 N–H and O–H groups in total. The van der Waals surface area contributed by atoms with Crippen LogP contribution in [-0.4, -0.2) is 16.5 Å². The quantitative estimate of drug-likeness (QED) is 0.874. The molecule has 0 bridgehead atoms. The lowest BCUT2D eigenvalue weighted by Gasteiger charge is -2.09. The molecule has 70 valence electrons. The van der Waals surface area contributed by atoms with Crippen molar-refractivity contribution >= 4 is 15.9 Å². The molecule has 0 aliphatic heterocycles. The van der Waals surface area contributed by atoms with Gasteiger partial charge in [0.2, 0.25) is 0 Å². The van der Waals surface area contributed by atoms with Gasteiger partial charge in [0, 0.05) is 18.8 Å². The first-order valence-corrected chi connectivity index (χ1v) is 5.20. The third kappa shape index (κ3) is 2.06. The van der Waals surface area contributed by atoms with Crippen LogP contribution in [0.15, 0.2) is 16.9 Å². The molecular weight excluding hydrogens is 230 g/mol. The Morgan fingerprint density at radius 2 is 2.00 bits per heavy atom. The molecule has 0 saturated heterocycles. The van der Waals surface area contributed by atoms with Crippen LogP contribution in [0.5, 0.6) is 0 Å². The second kappa shape index (κ2) is 3.35. The van der Waals surface area contributed by atoms with Gasteiger partial charge in [-0.25, -0.2) is 9.97 Å². The SMILES string of the molecule is NCC1(Cc2ncc(Br)cn2)CC1. The summed E-state index contributed by atoms with van der Waals surface area (Å²) in [6.45, 7) is 0.756. The molecular formula is C9H12BrN3. The fourth-order valence-corrected chi connectivity index (χ4v) is 1.60. The highest BCUT2D eigenvalue weighted by Gasteiger charge is 2.41. The van der Waals surface area contributed by atoms with E-state index < -0.39 is 0 Å². The summed E-state index contributed by atoms with van der Waals surface area (Å²) in [7, 11) is 0. The Labute approximate surface area is 85.9 Å². The van der Waals surface area contributed by atoms with Gasteiger partial charge in [0.15, 0.2) is 0 Å². The molecule has 3 nitrogen and oxygen atoms in total. The number of hydrogen-bond donors (Lipinski definition) is 1. The maximum absolute atomic E-state index is 5.68. The molecule has 2 rings (SSSR count). The third-order valence-electron chi connectivity index (χ3n) is 2.60. The van der Waals surface area contributed by atoms with E-state index in [0.717, 1.165) is 23.3 Å². The molecule has 1 heterocycles. The molecule has 0 radical (unpaired) electrons. The van der Waals surface area contributed by atoms with E-state index in [4.69, 9.17) is 5.73 Å². The van der Waals surface area contributed by atoms with Crippen molar-refractivity contribution in [3.8, 4) is 0 Å². The first-order valence-electron chi connectivity index (χ1n) is 4.41. The van der Waals surface area contributed by atoms with E-state index in [1.165, 1.54) is 12.8 Å². The van der Waals surface area contributed by atoms with Crippen LogP contribution in [0.4, 0.5) is 0 Å². The van der Waals surface area contributed by atoms with Gasteiger partial charge in [-0.05, 0) is 40.7 Å². The average molecular weight is 242 g/mol. The molecule has 1 aliphatic carbocycles. The minimum Gasteiger partial charge on any atom is -0.330 e. The normalized spacial score (nSPS) is 18.6. The number of rotatable bonds is 3. The van der Waals surface area contributed by atoms with Gasteiger partial charge in [0.05, 0.1) is 4.47 Å². The van der Waals surface area contributed by atoms with E-state index in [2.05, 4.69) is 25.9 Å². The van der Waals surface area contributed by atoms with Gasteiger partial charge in [0.25, 0.3) is 0 Å². The molecule has 1 aromatic rings. The highest BCUT2D eigenvalue weighted by atomic mass is 79.9. The summed E-state index contributed by atoms with van der Waals surface area (Å²) in [6, 6.07) is 0. The second-order valence-corrected chi connectivity index (χ2v) is 4.61. The van der Waals surface area contributed by atoms with Crippen molar-refractivity contribution in [3.63, 3.8) is 0 Å². The Morgan fingerprint density at radius 1 is 1.38 bits per heavy atom. The van der Waals surface area contributed by atoms with Crippen molar-refractivity contribution in [2.75, 3.05) is 6.54 Å². The molecule has 1 aromatic heterocycles. The lowest BCUT2D eigenvalue weighted by Crippen LogP contribution is -2.19. The summed E-state index contributed by atoms with van der Waals surface area (Å²) in [5, 5.41) is 0. The number of halogens is 1. The van der Waals surface area contributed by atoms with Gasteiger partial charge < -0.3 is 5.73 Å². The standard InChI is InChI=1S/C9H12BrN3/c10-7-4-12-8(13-5-7)3-9(6-11)1-2-9/h4-5H,1-3,6,11H2. The van der Waals surface area contributed by atoms with E-state index in [1.807, 2.05) is 0 Å². The van der Waals surface area contributed by atoms with Crippen molar-refractivity contribution in [1.82, 2.24) is 9.97 Å². The van der Waals surface area contributed by atoms with Crippen LogP contribution < -0.4 is 5.73 Å². The Kier molecular flexibility index (Phi) is 2.34. The Hall–Kier alpha value is -0.480. The molecule has 1 fully saturated rings. The van der Waals surface area contributed by atoms with E-state index in [9.17, 15) is 0 Å². The summed E-state index contributed by atoms with van der Waals surface area (Å²) in [4.78, 5) is 8.48. The molecule has 1 saturated carbocycles. The average Bonchev–Trinajstić information content (AvgIpc) is 2.90. The molecule has 0 atom stereocenters. The van der Waals surface area contributed by atoms with Crippen molar-refractivity contribution < 1.29 is 0 Å². The summed E-state index contributed by atoms with van der Waals surface area (Å²) in [5.41, 5.74) is 6.01. The fraction of sp³-hybridized carbons (Fsp3) is 0.556. The molecule has 0 aromatic carbocycles. The lowest BCUT2D eigenvalue weighted by atomic mass is 10.0. The molecule has 4 heteroatoms. The summed E-state index contributed by atoms with van der Waals surface area (Å²) in [5.74, 6) is 0.908. The zero-order valence-corrected chi connectivity index (χ0v) is 8.92. The Morgan fingerprint density at radius 3 is 2.46 bits per heavy atom. The largest absolute Gasteiger partial charge is 0.330 e. The van der Waals surface area contributed by atoms with Crippen LogP contribution in [0.3, 0.4) is 0 Å². The maximum Gasteiger partial charge on any atom is 0.128 e. The molecule has 13 heavy (non-hydrogen) atoms. The number of nitrogens with two attached hydrogens (primary N) is 1. The summed E-state index contributed by atoms with van der Waals surface area (Å²) in [6.07, 6.45) is 6.95. The predicted molar refractivity (Wildman–Crippen MR) is 54.2 cm³/mol. The first-order chi connectivity index (χ1) is 6.24. The number of nitrogens with zero attached hydrogens (tertiary/aromatic N) is 2. The second-order valence-electron chi connectivity index (χ2n) is 3.70. The smallest absolute Gasteiger partial charge is 0.128 e. The zero-order valence-electron chi connectivity index (χ0n) is 7.33. The van der Waals surface area contributed by atoms with Gasteiger partial charge in [-0.2, -0.15) is 0 Å². The summed E-state index contributed by atoms with van der Waals surface area (Å²) >= 11 is 3.31. The fourth-order valence-electron chi connectivity index (χ4n) is 1.40. The molecule has 0 unspecified atom stereocenters. The summed E-state index contributed by atoms with van der Waals surface area (Å²) < 4.78 is 0.925. The van der Waals surface area contributed by atoms with Gasteiger partial charge in [-0.3, -0.25) is 0 Å². The van der Waals surface area contributed by atoms with Crippen LogP contribution in [0, 0.1) is 5.41 Å².